The number of aliphatic hydroxyl groups excluding tert-OH is 1. The summed E-state index contributed by atoms with van der Waals surface area (Å²) >= 11 is 0. The molecule has 1 heterocycles. The summed E-state index contributed by atoms with van der Waals surface area (Å²) < 4.78 is 47.2. The van der Waals surface area contributed by atoms with E-state index in [0.29, 0.717) is 37.3 Å². The molecule has 1 atom stereocenters. The first-order valence-electron chi connectivity index (χ1n) is 7.46. The second-order valence-corrected chi connectivity index (χ2v) is 5.64. The molecular weight excluding hydrogens is 311 g/mol. The van der Waals surface area contributed by atoms with Gasteiger partial charge in [0.25, 0.3) is 0 Å². The van der Waals surface area contributed by atoms with Crippen LogP contribution in [-0.2, 0) is 24.3 Å². The van der Waals surface area contributed by atoms with E-state index in [-0.39, 0.29) is 12.4 Å². The van der Waals surface area contributed by atoms with Crippen molar-refractivity contribution < 1.29 is 27.8 Å². The highest BCUT2D eigenvalue weighted by molar-refractivity contribution is 5.56. The molecule has 2 aliphatic rings. The highest BCUT2D eigenvalue weighted by Gasteiger charge is 2.39. The Balaban J connectivity index is 1.99. The molecule has 0 fully saturated rings. The van der Waals surface area contributed by atoms with Crippen LogP contribution in [0.4, 0.5) is 13.2 Å². The summed E-state index contributed by atoms with van der Waals surface area (Å²) in [5.41, 5.74) is 3.29. The maximum atomic E-state index is 12.5. The molecule has 0 spiro atoms. The van der Waals surface area contributed by atoms with Gasteiger partial charge in [-0.15, -0.1) is 13.2 Å². The van der Waals surface area contributed by atoms with E-state index in [4.69, 9.17) is 4.74 Å². The van der Waals surface area contributed by atoms with E-state index in [1.807, 2.05) is 6.07 Å². The van der Waals surface area contributed by atoms with Gasteiger partial charge in [-0.05, 0) is 36.7 Å². The molecule has 3 rings (SSSR count). The lowest BCUT2D eigenvalue weighted by Gasteiger charge is -2.30. The summed E-state index contributed by atoms with van der Waals surface area (Å²) in [6.07, 6.45) is -2.11. The van der Waals surface area contributed by atoms with Gasteiger partial charge in [0, 0.05) is 30.0 Å². The molecule has 0 unspecified atom stereocenters. The second-order valence-electron chi connectivity index (χ2n) is 5.64. The third-order valence-electron chi connectivity index (χ3n) is 4.25. The molecule has 7 heteroatoms. The quantitative estimate of drug-likeness (QED) is 0.872. The van der Waals surface area contributed by atoms with Gasteiger partial charge in [0.1, 0.15) is 11.5 Å². The topological polar surface area (TPSA) is 50.7 Å². The van der Waals surface area contributed by atoms with Gasteiger partial charge < -0.3 is 19.9 Å². The second kappa shape index (κ2) is 6.05. The molecule has 2 N–H and O–H groups in total. The van der Waals surface area contributed by atoms with Gasteiger partial charge >= 0.3 is 6.36 Å². The molecule has 0 radical (unpaired) electrons. The molecule has 0 bridgehead atoms. The van der Waals surface area contributed by atoms with Crippen LogP contribution in [0.2, 0.25) is 0 Å². The van der Waals surface area contributed by atoms with Crippen LogP contribution in [0.15, 0.2) is 17.9 Å². The van der Waals surface area contributed by atoms with Crippen molar-refractivity contribution in [1.29, 1.82) is 0 Å². The van der Waals surface area contributed by atoms with Crippen molar-refractivity contribution in [3.8, 4) is 5.75 Å². The number of halogens is 3. The molecule has 126 valence electrons. The minimum Gasteiger partial charge on any atom is -0.493 e. The molecule has 1 aromatic rings. The van der Waals surface area contributed by atoms with E-state index >= 15 is 0 Å². The largest absolute Gasteiger partial charge is 0.572 e. The molecule has 1 aromatic carbocycles. The van der Waals surface area contributed by atoms with Crippen molar-refractivity contribution >= 4 is 0 Å². The Morgan fingerprint density at radius 1 is 1.43 bits per heavy atom. The average Bonchev–Trinajstić information content (AvgIpc) is 2.93. The fraction of sp³-hybridized carbons (Fsp3) is 0.500. The normalized spacial score (nSPS) is 19.7. The molecule has 1 aliphatic heterocycles. The summed E-state index contributed by atoms with van der Waals surface area (Å²) in [6.45, 7) is 0.891. The Labute approximate surface area is 131 Å². The summed E-state index contributed by atoms with van der Waals surface area (Å²) in [5.74, 6) is 0.0736. The first kappa shape index (κ1) is 16.1. The van der Waals surface area contributed by atoms with Crippen molar-refractivity contribution in [3.05, 3.63) is 40.2 Å². The minimum atomic E-state index is -4.69. The molecule has 0 aromatic heterocycles. The van der Waals surface area contributed by atoms with Gasteiger partial charge in [0.2, 0.25) is 0 Å². The first-order chi connectivity index (χ1) is 10.9. The van der Waals surface area contributed by atoms with Crippen LogP contribution in [0, 0.1) is 0 Å². The van der Waals surface area contributed by atoms with Crippen molar-refractivity contribution in [2.75, 3.05) is 13.7 Å². The van der Waals surface area contributed by atoms with Crippen LogP contribution < -0.4 is 10.1 Å². The zero-order valence-corrected chi connectivity index (χ0v) is 12.7. The number of allylic oxidation sites excluding steroid dienone is 2. The van der Waals surface area contributed by atoms with Crippen LogP contribution >= 0.6 is 0 Å². The number of hydrogen-bond acceptors (Lipinski definition) is 4. The van der Waals surface area contributed by atoms with Gasteiger partial charge in [-0.3, -0.25) is 0 Å². The van der Waals surface area contributed by atoms with Gasteiger partial charge in [0.15, 0.2) is 0 Å². The lowest BCUT2D eigenvalue weighted by Crippen LogP contribution is -2.22. The molecule has 23 heavy (non-hydrogen) atoms. The lowest BCUT2D eigenvalue weighted by molar-refractivity contribution is -0.309. The van der Waals surface area contributed by atoms with Gasteiger partial charge in [-0.1, -0.05) is 0 Å². The fourth-order valence-corrected chi connectivity index (χ4v) is 3.20. The van der Waals surface area contributed by atoms with Crippen LogP contribution in [0.3, 0.4) is 0 Å². The van der Waals surface area contributed by atoms with Gasteiger partial charge in [0.05, 0.1) is 13.2 Å². The Bertz CT molecular complexity index is 640. The van der Waals surface area contributed by atoms with E-state index < -0.39 is 12.3 Å². The smallest absolute Gasteiger partial charge is 0.493 e. The molecule has 0 amide bonds. The molecular formula is C16H18F3NO3. The number of benzene rings is 1. The number of nitrogens with one attached hydrogen (secondary N) is 1. The molecule has 0 saturated heterocycles. The summed E-state index contributed by atoms with van der Waals surface area (Å²) in [7, 11) is 1.78. The van der Waals surface area contributed by atoms with Crippen molar-refractivity contribution in [1.82, 2.24) is 5.32 Å². The van der Waals surface area contributed by atoms with Gasteiger partial charge in [-0.25, -0.2) is 0 Å². The third kappa shape index (κ3) is 3.03. The Hall–Kier alpha value is -1.73. The maximum absolute atomic E-state index is 12.5. The highest BCUT2D eigenvalue weighted by Crippen LogP contribution is 2.47. The van der Waals surface area contributed by atoms with Gasteiger partial charge in [-0.2, -0.15) is 0 Å². The fourth-order valence-electron chi connectivity index (χ4n) is 3.20. The van der Waals surface area contributed by atoms with Crippen molar-refractivity contribution in [3.63, 3.8) is 0 Å². The van der Waals surface area contributed by atoms with E-state index in [1.165, 1.54) is 6.08 Å². The predicted octanol–water partition coefficient (Wildman–Crippen LogP) is 2.74. The minimum absolute atomic E-state index is 0.0812. The Morgan fingerprint density at radius 2 is 2.22 bits per heavy atom. The Kier molecular flexibility index (Phi) is 4.25. The number of fused-ring (bicyclic) bond motifs is 1. The number of rotatable bonds is 5. The van der Waals surface area contributed by atoms with E-state index in [2.05, 4.69) is 10.1 Å². The third-order valence-corrected chi connectivity index (χ3v) is 4.25. The number of ether oxygens (including phenoxy) is 2. The SMILES string of the molecule is CNCc1cc([C@H]2CC=C2OC(F)(F)F)c2c(c1CO)CCO2. The number of hydrogen-bond donors (Lipinski definition) is 2. The maximum Gasteiger partial charge on any atom is 0.572 e. The van der Waals surface area contributed by atoms with Crippen LogP contribution in [-0.4, -0.2) is 25.1 Å². The van der Waals surface area contributed by atoms with E-state index in [9.17, 15) is 18.3 Å². The van der Waals surface area contributed by atoms with Crippen LogP contribution in [0.5, 0.6) is 5.75 Å². The van der Waals surface area contributed by atoms with Crippen LogP contribution in [0.25, 0.3) is 0 Å². The lowest BCUT2D eigenvalue weighted by atomic mass is 9.82. The predicted molar refractivity (Wildman–Crippen MR) is 76.9 cm³/mol. The molecule has 0 saturated carbocycles. The number of aliphatic hydroxyl groups is 1. The standard InChI is InChI=1S/C16H18F3NO3/c1-20-7-9-6-12(10-2-3-14(10)23-16(17,18)19)15-11(4-5-22-15)13(9)8-21/h3,6,10,20-21H,2,4-5,7-8H2,1H3/t10-/m1/s1. The molecule has 1 aliphatic carbocycles. The zero-order chi connectivity index (χ0) is 16.6. The van der Waals surface area contributed by atoms with Crippen molar-refractivity contribution in [2.24, 2.45) is 0 Å². The summed E-state index contributed by atoms with van der Waals surface area (Å²) in [5, 5.41) is 12.7. The van der Waals surface area contributed by atoms with E-state index in [1.54, 1.807) is 7.05 Å². The first-order valence-corrected chi connectivity index (χ1v) is 7.46. The Morgan fingerprint density at radius 3 is 2.78 bits per heavy atom. The number of alkyl halides is 3. The summed E-state index contributed by atoms with van der Waals surface area (Å²) in [4.78, 5) is 0. The molecule has 4 nitrogen and oxygen atoms in total. The monoisotopic (exact) mass is 329 g/mol. The highest BCUT2D eigenvalue weighted by atomic mass is 19.4. The average molecular weight is 329 g/mol. The van der Waals surface area contributed by atoms with E-state index in [0.717, 1.165) is 16.7 Å². The summed E-state index contributed by atoms with van der Waals surface area (Å²) in [6, 6.07) is 1.82. The van der Waals surface area contributed by atoms with Crippen molar-refractivity contribution in [2.45, 2.75) is 38.3 Å². The zero-order valence-electron chi connectivity index (χ0n) is 12.7. The van der Waals surface area contributed by atoms with Crippen LogP contribution in [0.1, 0.15) is 34.6 Å².